The van der Waals surface area contributed by atoms with E-state index in [1.807, 2.05) is 6.92 Å². The molecule has 0 amide bonds. The van der Waals surface area contributed by atoms with Crippen LogP contribution in [0.4, 0.5) is 0 Å². The summed E-state index contributed by atoms with van der Waals surface area (Å²) in [7, 11) is 3.49. The Bertz CT molecular complexity index is 570. The summed E-state index contributed by atoms with van der Waals surface area (Å²) < 4.78 is 10.3. The number of benzene rings is 1. The number of halogens is 1. The largest absolute Gasteiger partial charge is 0.466 e. The lowest BCUT2D eigenvalue weighted by Crippen LogP contribution is -2.46. The van der Waals surface area contributed by atoms with E-state index < -0.39 is 0 Å². The second kappa shape index (κ2) is 12.1. The van der Waals surface area contributed by atoms with Crippen molar-refractivity contribution in [2.45, 2.75) is 32.9 Å². The molecule has 1 heterocycles. The highest BCUT2D eigenvalue weighted by molar-refractivity contribution is 14.0. The van der Waals surface area contributed by atoms with Crippen molar-refractivity contribution in [1.82, 2.24) is 10.2 Å². The Hall–Kier alpha value is -1.35. The summed E-state index contributed by atoms with van der Waals surface area (Å²) in [6.45, 7) is 5.28. The maximum Gasteiger partial charge on any atom is 0.309 e. The monoisotopic (exact) mass is 475 g/mol. The van der Waals surface area contributed by atoms with Gasteiger partial charge in [-0.15, -0.1) is 24.0 Å². The average molecular weight is 475 g/mol. The standard InChI is InChI=1S/C19H29N3O3.HI/c1-4-25-18(23)17-9-11-22(12-10-17)19(20-2)21-13-15-5-7-16(8-6-15)14-24-3;/h5-8,17H,4,9-14H2,1-3H3,(H,20,21);1H. The molecule has 0 aromatic heterocycles. The van der Waals surface area contributed by atoms with E-state index in [1.165, 1.54) is 5.56 Å². The van der Waals surface area contributed by atoms with E-state index in [0.29, 0.717) is 13.2 Å². The first kappa shape index (κ1) is 22.7. The van der Waals surface area contributed by atoms with Crippen LogP contribution in [0.15, 0.2) is 29.3 Å². The molecule has 1 N–H and O–H groups in total. The Morgan fingerprint density at radius 3 is 2.38 bits per heavy atom. The van der Waals surface area contributed by atoms with Crippen LogP contribution in [0.5, 0.6) is 0 Å². The molecular weight excluding hydrogens is 445 g/mol. The molecule has 0 saturated carbocycles. The molecule has 0 spiro atoms. The van der Waals surface area contributed by atoms with Gasteiger partial charge in [0.05, 0.1) is 19.1 Å². The van der Waals surface area contributed by atoms with Crippen LogP contribution < -0.4 is 5.32 Å². The molecule has 1 aromatic rings. The van der Waals surface area contributed by atoms with Crippen LogP contribution in [0.1, 0.15) is 30.9 Å². The Morgan fingerprint density at radius 1 is 1.23 bits per heavy atom. The number of likely N-dealkylation sites (tertiary alicyclic amines) is 1. The van der Waals surface area contributed by atoms with E-state index in [-0.39, 0.29) is 35.9 Å². The van der Waals surface area contributed by atoms with Crippen LogP contribution in [0, 0.1) is 5.92 Å². The van der Waals surface area contributed by atoms with Gasteiger partial charge in [0.25, 0.3) is 0 Å². The van der Waals surface area contributed by atoms with Crippen LogP contribution in [0.3, 0.4) is 0 Å². The van der Waals surface area contributed by atoms with Crippen molar-refractivity contribution >= 4 is 35.9 Å². The average Bonchev–Trinajstić information content (AvgIpc) is 2.64. The molecule has 1 aliphatic heterocycles. The van der Waals surface area contributed by atoms with Gasteiger partial charge in [-0.05, 0) is 30.9 Å². The zero-order chi connectivity index (χ0) is 18.1. The molecule has 1 aromatic carbocycles. The van der Waals surface area contributed by atoms with Gasteiger partial charge in [0.15, 0.2) is 5.96 Å². The number of ether oxygens (including phenoxy) is 2. The fourth-order valence-corrected chi connectivity index (χ4v) is 3.02. The SMILES string of the molecule is CCOC(=O)C1CCN(C(=NC)NCc2ccc(COC)cc2)CC1.I. The first-order valence-corrected chi connectivity index (χ1v) is 8.87. The van der Waals surface area contributed by atoms with E-state index in [2.05, 4.69) is 39.5 Å². The molecule has 7 heteroatoms. The van der Waals surface area contributed by atoms with Crippen molar-refractivity contribution in [2.75, 3.05) is 33.9 Å². The highest BCUT2D eigenvalue weighted by Crippen LogP contribution is 2.18. The number of guanidine groups is 1. The third-order valence-corrected chi connectivity index (χ3v) is 4.41. The summed E-state index contributed by atoms with van der Waals surface area (Å²) in [6.07, 6.45) is 1.62. The fraction of sp³-hybridized carbons (Fsp3) is 0.579. The molecule has 1 saturated heterocycles. The molecule has 2 rings (SSSR count). The van der Waals surface area contributed by atoms with Crippen LogP contribution >= 0.6 is 24.0 Å². The third kappa shape index (κ3) is 6.75. The Morgan fingerprint density at radius 2 is 1.85 bits per heavy atom. The minimum absolute atomic E-state index is 0. The molecule has 0 radical (unpaired) electrons. The number of esters is 1. The molecule has 26 heavy (non-hydrogen) atoms. The van der Waals surface area contributed by atoms with Crippen LogP contribution in [0.25, 0.3) is 0 Å². The van der Waals surface area contributed by atoms with Gasteiger partial charge in [0.2, 0.25) is 0 Å². The van der Waals surface area contributed by atoms with Gasteiger partial charge in [-0.25, -0.2) is 0 Å². The van der Waals surface area contributed by atoms with Gasteiger partial charge in [-0.2, -0.15) is 0 Å². The van der Waals surface area contributed by atoms with Crippen molar-refractivity contribution in [3.05, 3.63) is 35.4 Å². The Balaban J connectivity index is 0.00000338. The zero-order valence-electron chi connectivity index (χ0n) is 15.9. The van der Waals surface area contributed by atoms with Crippen LogP contribution in [-0.4, -0.2) is 50.7 Å². The summed E-state index contributed by atoms with van der Waals surface area (Å²) in [5.74, 6) is 0.826. The minimum Gasteiger partial charge on any atom is -0.466 e. The van der Waals surface area contributed by atoms with Crippen molar-refractivity contribution in [1.29, 1.82) is 0 Å². The lowest BCUT2D eigenvalue weighted by Gasteiger charge is -2.33. The summed E-state index contributed by atoms with van der Waals surface area (Å²) >= 11 is 0. The topological polar surface area (TPSA) is 63.2 Å². The van der Waals surface area contributed by atoms with Crippen LogP contribution in [-0.2, 0) is 27.4 Å². The van der Waals surface area contributed by atoms with E-state index >= 15 is 0 Å². The smallest absolute Gasteiger partial charge is 0.309 e. The van der Waals surface area contributed by atoms with Gasteiger partial charge in [-0.1, -0.05) is 24.3 Å². The highest BCUT2D eigenvalue weighted by atomic mass is 127. The molecular formula is C19H30IN3O3. The van der Waals surface area contributed by atoms with Gasteiger partial charge < -0.3 is 19.7 Å². The molecule has 1 fully saturated rings. The first-order chi connectivity index (χ1) is 12.2. The summed E-state index contributed by atoms with van der Waals surface area (Å²) in [5, 5.41) is 3.40. The number of piperidine rings is 1. The van der Waals surface area contributed by atoms with Crippen molar-refractivity contribution in [3.8, 4) is 0 Å². The summed E-state index contributed by atoms with van der Waals surface area (Å²) in [5.41, 5.74) is 2.36. The first-order valence-electron chi connectivity index (χ1n) is 8.87. The molecule has 6 nitrogen and oxygen atoms in total. The van der Waals surface area contributed by atoms with Crippen molar-refractivity contribution in [3.63, 3.8) is 0 Å². The van der Waals surface area contributed by atoms with Crippen molar-refractivity contribution < 1.29 is 14.3 Å². The van der Waals surface area contributed by atoms with E-state index in [1.54, 1.807) is 14.2 Å². The van der Waals surface area contributed by atoms with E-state index in [4.69, 9.17) is 9.47 Å². The lowest BCUT2D eigenvalue weighted by molar-refractivity contribution is -0.149. The number of hydrogen-bond donors (Lipinski definition) is 1. The molecule has 146 valence electrons. The van der Waals surface area contributed by atoms with Gasteiger partial charge in [0, 0.05) is 33.8 Å². The molecule has 1 aliphatic rings. The number of nitrogens with zero attached hydrogens (tertiary/aromatic N) is 2. The maximum absolute atomic E-state index is 11.8. The molecule has 0 aliphatic carbocycles. The molecule has 0 atom stereocenters. The Labute approximate surface area is 173 Å². The molecule has 0 bridgehead atoms. The maximum atomic E-state index is 11.8. The number of nitrogens with one attached hydrogen (secondary N) is 1. The van der Waals surface area contributed by atoms with E-state index in [9.17, 15) is 4.79 Å². The van der Waals surface area contributed by atoms with Gasteiger partial charge >= 0.3 is 5.97 Å². The predicted molar refractivity (Wildman–Crippen MR) is 114 cm³/mol. The lowest BCUT2D eigenvalue weighted by atomic mass is 9.97. The summed E-state index contributed by atoms with van der Waals surface area (Å²) in [4.78, 5) is 18.4. The number of rotatable bonds is 6. The third-order valence-electron chi connectivity index (χ3n) is 4.41. The van der Waals surface area contributed by atoms with E-state index in [0.717, 1.165) is 44.0 Å². The Kier molecular flexibility index (Phi) is 10.6. The van der Waals surface area contributed by atoms with Crippen molar-refractivity contribution in [2.24, 2.45) is 10.9 Å². The number of hydrogen-bond acceptors (Lipinski definition) is 4. The van der Waals surface area contributed by atoms with Gasteiger partial charge in [0.1, 0.15) is 0 Å². The second-order valence-electron chi connectivity index (χ2n) is 6.16. The van der Waals surface area contributed by atoms with Crippen LogP contribution in [0.2, 0.25) is 0 Å². The normalized spacial score (nSPS) is 15.3. The minimum atomic E-state index is -0.0683. The number of aliphatic imine (C=N–C) groups is 1. The number of methoxy groups -OCH3 is 1. The second-order valence-corrected chi connectivity index (χ2v) is 6.16. The zero-order valence-corrected chi connectivity index (χ0v) is 18.2. The highest BCUT2D eigenvalue weighted by Gasteiger charge is 2.27. The summed E-state index contributed by atoms with van der Waals surface area (Å²) in [6, 6.07) is 8.35. The van der Waals surface area contributed by atoms with Gasteiger partial charge in [-0.3, -0.25) is 9.79 Å². The number of carbonyl (C=O) groups excluding carboxylic acids is 1. The number of carbonyl (C=O) groups is 1. The predicted octanol–water partition coefficient (Wildman–Crippen LogP) is 2.80. The quantitative estimate of drug-likeness (QED) is 0.297. The molecule has 0 unspecified atom stereocenters. The fourth-order valence-electron chi connectivity index (χ4n) is 3.02.